The van der Waals surface area contributed by atoms with Crippen molar-refractivity contribution >= 4 is 51.4 Å². The van der Waals surface area contributed by atoms with Gasteiger partial charge in [0.05, 0.1) is 29.3 Å². The minimum atomic E-state index is -1.09. The van der Waals surface area contributed by atoms with Gasteiger partial charge in [0, 0.05) is 5.56 Å². The maximum absolute atomic E-state index is 12.1. The Morgan fingerprint density at radius 2 is 2.16 bits per heavy atom. The lowest BCUT2D eigenvalue weighted by Crippen LogP contribution is -2.19. The van der Waals surface area contributed by atoms with Crippen molar-refractivity contribution in [2.24, 2.45) is 5.10 Å². The lowest BCUT2D eigenvalue weighted by atomic mass is 10.1. The smallest absolute Gasteiger partial charge is 0.341 e. The number of para-hydroxylation sites is 1. The molecule has 8 nitrogen and oxygen atoms in total. The van der Waals surface area contributed by atoms with Crippen molar-refractivity contribution in [1.82, 2.24) is 10.4 Å². The first-order valence-corrected chi connectivity index (χ1v) is 11.3. The summed E-state index contributed by atoms with van der Waals surface area (Å²) < 4.78 is 12.6. The maximum Gasteiger partial charge on any atom is 0.341 e. The minimum Gasteiger partial charge on any atom is -0.493 e. The van der Waals surface area contributed by atoms with E-state index in [0.717, 1.165) is 14.6 Å². The first-order valence-electron chi connectivity index (χ1n) is 9.46. The number of hydrogen-bond donors (Lipinski definition) is 2. The lowest BCUT2D eigenvalue weighted by Gasteiger charge is -2.14. The van der Waals surface area contributed by atoms with E-state index < -0.39 is 12.6 Å². The normalized spacial score (nSPS) is 10.9. The molecular formula is C22H21N3O5S2. The highest BCUT2D eigenvalue weighted by Gasteiger charge is 2.14. The molecule has 0 radical (unpaired) electrons. The number of thioether (sulfide) groups is 1. The number of methoxy groups -OCH3 is 1. The Kier molecular flexibility index (Phi) is 8.23. The van der Waals surface area contributed by atoms with Crippen LogP contribution in [0.1, 0.15) is 11.1 Å². The van der Waals surface area contributed by atoms with Gasteiger partial charge >= 0.3 is 5.97 Å². The van der Waals surface area contributed by atoms with Crippen LogP contribution in [0.15, 0.2) is 58.5 Å². The fourth-order valence-electron chi connectivity index (χ4n) is 2.77. The van der Waals surface area contributed by atoms with Gasteiger partial charge in [0.15, 0.2) is 22.4 Å². The van der Waals surface area contributed by atoms with Crippen LogP contribution in [0.3, 0.4) is 0 Å². The molecule has 166 valence electrons. The molecule has 3 aromatic rings. The van der Waals surface area contributed by atoms with Crippen molar-refractivity contribution in [1.29, 1.82) is 0 Å². The van der Waals surface area contributed by atoms with E-state index in [9.17, 15) is 9.59 Å². The number of nitrogens with zero attached hydrogens (tertiary/aromatic N) is 2. The quantitative estimate of drug-likeness (QED) is 0.190. The van der Waals surface area contributed by atoms with Gasteiger partial charge < -0.3 is 14.6 Å². The highest BCUT2D eigenvalue weighted by molar-refractivity contribution is 8.01. The van der Waals surface area contributed by atoms with E-state index in [-0.39, 0.29) is 11.7 Å². The van der Waals surface area contributed by atoms with Crippen LogP contribution in [0.5, 0.6) is 11.5 Å². The van der Waals surface area contributed by atoms with Crippen molar-refractivity contribution < 1.29 is 24.2 Å². The third-order valence-electron chi connectivity index (χ3n) is 4.08. The summed E-state index contributed by atoms with van der Waals surface area (Å²) >= 11 is 2.89. The summed E-state index contributed by atoms with van der Waals surface area (Å²) in [6, 6.07) is 11.2. The number of nitrogens with one attached hydrogen (secondary N) is 1. The zero-order chi connectivity index (χ0) is 22.9. The van der Waals surface area contributed by atoms with Crippen LogP contribution in [0.2, 0.25) is 0 Å². The number of thiazole rings is 1. The fraction of sp³-hybridized carbons (Fsp3) is 0.182. The first kappa shape index (κ1) is 23.3. The Bertz CT molecular complexity index is 1130. The number of ether oxygens (including phenoxy) is 2. The number of aliphatic carboxylic acids is 1. The van der Waals surface area contributed by atoms with Gasteiger partial charge in [0.1, 0.15) is 0 Å². The molecule has 0 saturated heterocycles. The second-order valence-corrected chi connectivity index (χ2v) is 8.67. The van der Waals surface area contributed by atoms with E-state index in [2.05, 4.69) is 22.1 Å². The third kappa shape index (κ3) is 6.32. The monoisotopic (exact) mass is 471 g/mol. The van der Waals surface area contributed by atoms with Crippen molar-refractivity contribution in [3.8, 4) is 11.5 Å². The van der Waals surface area contributed by atoms with Crippen LogP contribution in [-0.2, 0) is 16.0 Å². The molecule has 2 N–H and O–H groups in total. The average molecular weight is 472 g/mol. The zero-order valence-electron chi connectivity index (χ0n) is 17.2. The molecule has 2 aromatic carbocycles. The van der Waals surface area contributed by atoms with E-state index >= 15 is 0 Å². The van der Waals surface area contributed by atoms with E-state index in [1.54, 1.807) is 29.5 Å². The van der Waals surface area contributed by atoms with E-state index in [0.29, 0.717) is 29.0 Å². The Morgan fingerprint density at radius 1 is 1.34 bits per heavy atom. The van der Waals surface area contributed by atoms with Crippen molar-refractivity contribution in [3.63, 3.8) is 0 Å². The van der Waals surface area contributed by atoms with Gasteiger partial charge in [-0.15, -0.1) is 17.9 Å². The number of rotatable bonds is 11. The third-order valence-corrected chi connectivity index (χ3v) is 6.26. The molecule has 0 aliphatic heterocycles. The maximum atomic E-state index is 12.1. The number of hydrazone groups is 1. The van der Waals surface area contributed by atoms with E-state index in [4.69, 9.17) is 14.6 Å². The van der Waals surface area contributed by atoms with Gasteiger partial charge in [-0.05, 0) is 36.2 Å². The summed E-state index contributed by atoms with van der Waals surface area (Å²) in [5.74, 6) is -0.462. The van der Waals surface area contributed by atoms with Gasteiger partial charge in [0.2, 0.25) is 0 Å². The van der Waals surface area contributed by atoms with E-state index in [1.165, 1.54) is 25.1 Å². The summed E-state index contributed by atoms with van der Waals surface area (Å²) in [5, 5.41) is 12.9. The van der Waals surface area contributed by atoms with Crippen LogP contribution in [0.4, 0.5) is 0 Å². The number of carboxylic acid groups (broad SMARTS) is 1. The van der Waals surface area contributed by atoms with Gasteiger partial charge in [-0.3, -0.25) is 4.79 Å². The zero-order valence-corrected chi connectivity index (χ0v) is 18.9. The Labute approximate surface area is 193 Å². The standard InChI is InChI=1S/C22H21N3O5S2/c1-3-6-15-9-14(10-17(29-2)21(15)30-12-20(27)28)11-23-25-19(26)13-31-22-24-16-7-4-5-8-18(16)32-22/h3-5,7-11H,1,6,12-13H2,2H3,(H,25,26)(H,27,28)/b23-11+. The van der Waals surface area contributed by atoms with Crippen molar-refractivity contribution in [3.05, 3.63) is 60.2 Å². The molecule has 10 heteroatoms. The number of benzene rings is 2. The molecule has 3 rings (SSSR count). The first-order chi connectivity index (χ1) is 15.5. The number of allylic oxidation sites excluding steroid dienone is 1. The number of carboxylic acids is 1. The number of carbonyl (C=O) groups excluding carboxylic acids is 1. The molecule has 0 aliphatic rings. The van der Waals surface area contributed by atoms with Crippen molar-refractivity contribution in [2.75, 3.05) is 19.5 Å². The molecule has 0 bridgehead atoms. The number of amides is 1. The second kappa shape index (κ2) is 11.3. The molecule has 32 heavy (non-hydrogen) atoms. The topological polar surface area (TPSA) is 110 Å². The summed E-state index contributed by atoms with van der Waals surface area (Å²) in [5.41, 5.74) is 4.76. The van der Waals surface area contributed by atoms with Gasteiger partial charge in [-0.25, -0.2) is 15.2 Å². The molecule has 0 aliphatic carbocycles. The van der Waals surface area contributed by atoms with Crippen LogP contribution >= 0.6 is 23.1 Å². The van der Waals surface area contributed by atoms with Crippen LogP contribution in [-0.4, -0.2) is 47.7 Å². The molecule has 1 aromatic heterocycles. The SMILES string of the molecule is C=CCc1cc(/C=N/NC(=O)CSc2nc3ccccc3s2)cc(OC)c1OCC(=O)O. The average Bonchev–Trinajstić information content (AvgIpc) is 3.20. The molecule has 0 unspecified atom stereocenters. The van der Waals surface area contributed by atoms with Crippen molar-refractivity contribution in [2.45, 2.75) is 10.8 Å². The van der Waals surface area contributed by atoms with Crippen LogP contribution < -0.4 is 14.9 Å². The number of hydrogen-bond acceptors (Lipinski definition) is 8. The van der Waals surface area contributed by atoms with Crippen LogP contribution in [0.25, 0.3) is 10.2 Å². The number of aromatic nitrogens is 1. The summed E-state index contributed by atoms with van der Waals surface area (Å²) in [6.07, 6.45) is 3.60. The van der Waals surface area contributed by atoms with Gasteiger partial charge in [-0.2, -0.15) is 5.10 Å². The predicted octanol–water partition coefficient (Wildman–Crippen LogP) is 3.74. The molecule has 1 heterocycles. The summed E-state index contributed by atoms with van der Waals surface area (Å²) in [6.45, 7) is 3.22. The Balaban J connectivity index is 1.62. The molecule has 0 fully saturated rings. The number of carbonyl (C=O) groups is 2. The predicted molar refractivity (Wildman–Crippen MR) is 126 cm³/mol. The lowest BCUT2D eigenvalue weighted by molar-refractivity contribution is -0.139. The highest BCUT2D eigenvalue weighted by Crippen LogP contribution is 2.33. The molecule has 0 saturated carbocycles. The fourth-order valence-corrected chi connectivity index (χ4v) is 4.63. The Hall–Kier alpha value is -3.37. The Morgan fingerprint density at radius 3 is 2.88 bits per heavy atom. The van der Waals surface area contributed by atoms with Gasteiger partial charge in [0.25, 0.3) is 5.91 Å². The highest BCUT2D eigenvalue weighted by atomic mass is 32.2. The molecule has 1 amide bonds. The molecular weight excluding hydrogens is 450 g/mol. The molecule has 0 atom stereocenters. The summed E-state index contributed by atoms with van der Waals surface area (Å²) in [4.78, 5) is 27.5. The minimum absolute atomic E-state index is 0.185. The van der Waals surface area contributed by atoms with E-state index in [1.807, 2.05) is 24.3 Å². The largest absolute Gasteiger partial charge is 0.493 e. The second-order valence-electron chi connectivity index (χ2n) is 6.42. The van der Waals surface area contributed by atoms with Crippen LogP contribution in [0, 0.1) is 0 Å². The number of fused-ring (bicyclic) bond motifs is 1. The summed E-state index contributed by atoms with van der Waals surface area (Å²) in [7, 11) is 1.46. The van der Waals surface area contributed by atoms with Gasteiger partial charge in [-0.1, -0.05) is 30.0 Å². The molecule has 0 spiro atoms.